The van der Waals surface area contributed by atoms with Crippen LogP contribution >= 0.6 is 0 Å². The van der Waals surface area contributed by atoms with Gasteiger partial charge in [-0.3, -0.25) is 0 Å². The highest BCUT2D eigenvalue weighted by Crippen LogP contribution is 1.98. The monoisotopic (exact) mass is 147 g/mol. The molecule has 0 spiro atoms. The van der Waals surface area contributed by atoms with Gasteiger partial charge in [0.1, 0.15) is 0 Å². The van der Waals surface area contributed by atoms with Gasteiger partial charge in [-0.1, -0.05) is 13.8 Å². The molecular weight excluding hydrogens is 130 g/mol. The van der Waals surface area contributed by atoms with E-state index in [2.05, 4.69) is 11.9 Å². The summed E-state index contributed by atoms with van der Waals surface area (Å²) >= 11 is 0. The average Bonchev–Trinajstić information content (AvgIpc) is 2.48. The Bertz CT molecular complexity index is 46.0. The van der Waals surface area contributed by atoms with Gasteiger partial charge in [0.05, 0.1) is 0 Å². The van der Waals surface area contributed by atoms with E-state index >= 15 is 0 Å². The van der Waals surface area contributed by atoms with Crippen LogP contribution in [0.2, 0.25) is 0 Å². The Morgan fingerprint density at radius 3 is 1.70 bits per heavy atom. The lowest BCUT2D eigenvalue weighted by atomic mass is 10.4. The fourth-order valence-corrected chi connectivity index (χ4v) is 0.510. The lowest BCUT2D eigenvalue weighted by molar-refractivity contribution is 0.198. The molecule has 3 heteroatoms. The van der Waals surface area contributed by atoms with Gasteiger partial charge in [-0.05, 0) is 12.8 Å². The standard InChI is InChI=1S/C4H8O.C2H6.CH3NO/c1-2-4-5-3-1;1-2;1-2-3/h1-4H2;1-2H3;3H,1H2. The van der Waals surface area contributed by atoms with Crippen LogP contribution in [0, 0.1) is 0 Å². The predicted molar refractivity (Wildman–Crippen MR) is 42.7 cm³/mol. The van der Waals surface area contributed by atoms with Gasteiger partial charge >= 0.3 is 0 Å². The highest BCUT2D eigenvalue weighted by atomic mass is 16.5. The maximum Gasteiger partial charge on any atom is 0.0466 e. The van der Waals surface area contributed by atoms with Gasteiger partial charge in [0.15, 0.2) is 0 Å². The van der Waals surface area contributed by atoms with Gasteiger partial charge in [0, 0.05) is 19.9 Å². The van der Waals surface area contributed by atoms with E-state index in [9.17, 15) is 0 Å². The van der Waals surface area contributed by atoms with Crippen LogP contribution in [0.25, 0.3) is 0 Å². The normalized spacial score (nSPS) is 13.8. The molecule has 1 aliphatic rings. The molecule has 0 aromatic rings. The van der Waals surface area contributed by atoms with Crippen LogP contribution in [0.15, 0.2) is 5.16 Å². The molecule has 0 aromatic carbocycles. The van der Waals surface area contributed by atoms with E-state index in [1.807, 2.05) is 13.8 Å². The Hall–Kier alpha value is -0.570. The molecule has 0 amide bonds. The van der Waals surface area contributed by atoms with Crippen LogP contribution in [0.4, 0.5) is 0 Å². The first-order valence-electron chi connectivity index (χ1n) is 3.59. The van der Waals surface area contributed by atoms with Gasteiger partial charge < -0.3 is 9.94 Å². The molecule has 0 saturated carbocycles. The minimum atomic E-state index is 1.00. The quantitative estimate of drug-likeness (QED) is 0.323. The van der Waals surface area contributed by atoms with Gasteiger partial charge in [-0.2, -0.15) is 0 Å². The van der Waals surface area contributed by atoms with E-state index in [1.54, 1.807) is 0 Å². The van der Waals surface area contributed by atoms with Crippen LogP contribution < -0.4 is 0 Å². The Morgan fingerprint density at radius 2 is 1.60 bits per heavy atom. The third kappa shape index (κ3) is 15.7. The molecule has 62 valence electrons. The molecule has 0 unspecified atom stereocenters. The molecular formula is C7H17NO2. The SMILES string of the molecule is C1CCOC1.C=NO.CC. The molecule has 1 rings (SSSR count). The van der Waals surface area contributed by atoms with E-state index in [0.29, 0.717) is 0 Å². The third-order valence-corrected chi connectivity index (χ3v) is 0.827. The summed E-state index contributed by atoms with van der Waals surface area (Å²) in [7, 11) is 0. The first-order valence-corrected chi connectivity index (χ1v) is 3.59. The first kappa shape index (κ1) is 12.1. The highest BCUT2D eigenvalue weighted by molar-refractivity contribution is 5.20. The second-order valence-electron chi connectivity index (χ2n) is 1.46. The van der Waals surface area contributed by atoms with E-state index < -0.39 is 0 Å². The zero-order chi connectivity index (χ0) is 8.24. The number of rotatable bonds is 0. The molecule has 1 aliphatic heterocycles. The summed E-state index contributed by atoms with van der Waals surface area (Å²) in [6.45, 7) is 8.67. The first-order chi connectivity index (χ1) is 4.91. The van der Waals surface area contributed by atoms with Crippen LogP contribution in [0.3, 0.4) is 0 Å². The van der Waals surface area contributed by atoms with Crippen LogP contribution in [0.1, 0.15) is 26.7 Å². The van der Waals surface area contributed by atoms with Crippen molar-refractivity contribution in [1.29, 1.82) is 0 Å². The Morgan fingerprint density at radius 1 is 1.30 bits per heavy atom. The van der Waals surface area contributed by atoms with Crippen molar-refractivity contribution >= 4 is 6.72 Å². The second-order valence-corrected chi connectivity index (χ2v) is 1.46. The van der Waals surface area contributed by atoms with E-state index in [0.717, 1.165) is 13.2 Å². The Balaban J connectivity index is 0. The van der Waals surface area contributed by atoms with Crippen molar-refractivity contribution in [3.63, 3.8) is 0 Å². The largest absolute Gasteiger partial charge is 0.411 e. The molecule has 0 bridgehead atoms. The number of hydrogen-bond acceptors (Lipinski definition) is 3. The lowest BCUT2D eigenvalue weighted by Gasteiger charge is -1.76. The van der Waals surface area contributed by atoms with Crippen molar-refractivity contribution in [2.24, 2.45) is 5.16 Å². The molecule has 1 N–H and O–H groups in total. The molecule has 10 heavy (non-hydrogen) atoms. The maximum absolute atomic E-state index is 7.08. The minimum Gasteiger partial charge on any atom is -0.411 e. The van der Waals surface area contributed by atoms with Crippen molar-refractivity contribution in [3.05, 3.63) is 0 Å². The maximum atomic E-state index is 7.08. The summed E-state index contributed by atoms with van der Waals surface area (Å²) in [5.74, 6) is 0. The van der Waals surface area contributed by atoms with Gasteiger partial charge in [0.2, 0.25) is 0 Å². The summed E-state index contributed by atoms with van der Waals surface area (Å²) in [6.07, 6.45) is 2.56. The van der Waals surface area contributed by atoms with E-state index in [4.69, 9.17) is 9.94 Å². The molecule has 1 heterocycles. The topological polar surface area (TPSA) is 41.8 Å². The Kier molecular flexibility index (Phi) is 19.2. The molecule has 1 saturated heterocycles. The molecule has 0 aliphatic carbocycles. The van der Waals surface area contributed by atoms with Crippen LogP contribution in [0.5, 0.6) is 0 Å². The van der Waals surface area contributed by atoms with Gasteiger partial charge in [0.25, 0.3) is 0 Å². The molecule has 1 fully saturated rings. The number of ether oxygens (including phenoxy) is 1. The molecule has 0 atom stereocenters. The van der Waals surface area contributed by atoms with Crippen molar-refractivity contribution in [1.82, 2.24) is 0 Å². The van der Waals surface area contributed by atoms with E-state index in [-0.39, 0.29) is 0 Å². The van der Waals surface area contributed by atoms with Crippen molar-refractivity contribution in [2.45, 2.75) is 26.7 Å². The second kappa shape index (κ2) is 15.8. The van der Waals surface area contributed by atoms with Crippen molar-refractivity contribution in [3.8, 4) is 0 Å². The average molecular weight is 147 g/mol. The van der Waals surface area contributed by atoms with Crippen molar-refractivity contribution < 1.29 is 9.94 Å². The number of oxime groups is 1. The fourth-order valence-electron chi connectivity index (χ4n) is 0.510. The highest BCUT2D eigenvalue weighted by Gasteiger charge is 1.94. The zero-order valence-electron chi connectivity index (χ0n) is 6.84. The molecule has 0 radical (unpaired) electrons. The molecule has 0 aromatic heterocycles. The van der Waals surface area contributed by atoms with E-state index in [1.165, 1.54) is 12.8 Å². The summed E-state index contributed by atoms with van der Waals surface area (Å²) < 4.78 is 4.94. The number of nitrogens with zero attached hydrogens (tertiary/aromatic N) is 1. The summed E-state index contributed by atoms with van der Waals surface area (Å²) in [4.78, 5) is 0. The minimum absolute atomic E-state index is 1.00. The molecule has 3 nitrogen and oxygen atoms in total. The van der Waals surface area contributed by atoms with Gasteiger partial charge in [-0.25, -0.2) is 0 Å². The number of hydrogen-bond donors (Lipinski definition) is 1. The predicted octanol–water partition coefficient (Wildman–Crippen LogP) is 1.90. The van der Waals surface area contributed by atoms with Crippen molar-refractivity contribution in [2.75, 3.05) is 13.2 Å². The third-order valence-electron chi connectivity index (χ3n) is 0.827. The van der Waals surface area contributed by atoms with Crippen LogP contribution in [-0.2, 0) is 4.74 Å². The lowest BCUT2D eigenvalue weighted by Crippen LogP contribution is -1.74. The Labute approximate surface area is 62.7 Å². The van der Waals surface area contributed by atoms with Crippen LogP contribution in [-0.4, -0.2) is 25.1 Å². The smallest absolute Gasteiger partial charge is 0.0466 e. The zero-order valence-corrected chi connectivity index (χ0v) is 6.84. The summed E-state index contributed by atoms with van der Waals surface area (Å²) in [6, 6.07) is 0. The van der Waals surface area contributed by atoms with Gasteiger partial charge in [-0.15, -0.1) is 5.16 Å². The summed E-state index contributed by atoms with van der Waals surface area (Å²) in [5.41, 5.74) is 0. The summed E-state index contributed by atoms with van der Waals surface area (Å²) in [5, 5.41) is 9.33. The fraction of sp³-hybridized carbons (Fsp3) is 0.857.